The van der Waals surface area contributed by atoms with Crippen LogP contribution in [0.1, 0.15) is 5.56 Å². The monoisotopic (exact) mass is 506 g/mol. The first-order chi connectivity index (χ1) is 16.6. The van der Waals surface area contributed by atoms with Gasteiger partial charge in [0.15, 0.2) is 17.4 Å². The first-order valence-corrected chi connectivity index (χ1v) is 10.2. The van der Waals surface area contributed by atoms with Crippen LogP contribution in [0.15, 0.2) is 61.1 Å². The predicted molar refractivity (Wildman–Crippen MR) is 120 cm³/mol. The number of aryl methyl sites for hydroxylation is 1. The number of pyridine rings is 1. The molecule has 2 aromatic heterocycles. The highest BCUT2D eigenvalue weighted by Gasteiger charge is 2.33. The average molecular weight is 507 g/mol. The smallest absolute Gasteiger partial charge is 0.417 e. The van der Waals surface area contributed by atoms with Crippen molar-refractivity contribution in [3.8, 4) is 23.0 Å². The number of ether oxygens (including phenoxy) is 1. The molecule has 0 bridgehead atoms. The number of hydrogen-bond donors (Lipinski definition) is 2. The van der Waals surface area contributed by atoms with Crippen LogP contribution in [0.4, 0.5) is 33.7 Å². The Hall–Kier alpha value is -4.19. The van der Waals surface area contributed by atoms with Gasteiger partial charge in [-0.15, -0.1) is 10.2 Å². The lowest BCUT2D eigenvalue weighted by molar-refractivity contribution is -0.137. The van der Waals surface area contributed by atoms with Crippen LogP contribution in [0.2, 0.25) is 5.02 Å². The molecular formula is C22H15ClF4N6O2. The minimum Gasteiger partial charge on any atom is -0.454 e. The number of aromatic nitrogens is 4. The first kappa shape index (κ1) is 24.0. The van der Waals surface area contributed by atoms with Crippen LogP contribution in [0.3, 0.4) is 0 Å². The van der Waals surface area contributed by atoms with Gasteiger partial charge in [0.25, 0.3) is 0 Å². The van der Waals surface area contributed by atoms with Crippen LogP contribution < -0.4 is 15.4 Å². The van der Waals surface area contributed by atoms with Gasteiger partial charge in [-0.1, -0.05) is 11.6 Å². The van der Waals surface area contributed by atoms with E-state index in [1.807, 2.05) is 0 Å². The van der Waals surface area contributed by atoms with E-state index in [1.165, 1.54) is 36.8 Å². The van der Waals surface area contributed by atoms with Crippen molar-refractivity contribution >= 4 is 29.0 Å². The molecule has 2 amide bonds. The van der Waals surface area contributed by atoms with Crippen LogP contribution in [-0.4, -0.2) is 25.8 Å². The van der Waals surface area contributed by atoms with Crippen LogP contribution in [0, 0.1) is 5.82 Å². The van der Waals surface area contributed by atoms with Crippen molar-refractivity contribution < 1.29 is 27.1 Å². The van der Waals surface area contributed by atoms with Crippen LogP contribution in [-0.2, 0) is 13.2 Å². The molecule has 0 atom stereocenters. The molecule has 0 spiro atoms. The molecule has 8 nitrogen and oxygen atoms in total. The second-order valence-electron chi connectivity index (χ2n) is 7.16. The summed E-state index contributed by atoms with van der Waals surface area (Å²) in [7, 11) is 1.74. The number of urea groups is 1. The summed E-state index contributed by atoms with van der Waals surface area (Å²) in [6.45, 7) is 0. The van der Waals surface area contributed by atoms with Crippen molar-refractivity contribution in [3.63, 3.8) is 0 Å². The summed E-state index contributed by atoms with van der Waals surface area (Å²) >= 11 is 5.57. The summed E-state index contributed by atoms with van der Waals surface area (Å²) in [6, 6.07) is 8.79. The van der Waals surface area contributed by atoms with Crippen molar-refractivity contribution in [2.45, 2.75) is 6.18 Å². The first-order valence-electron chi connectivity index (χ1n) is 9.83. The highest BCUT2D eigenvalue weighted by molar-refractivity contribution is 6.31. The van der Waals surface area contributed by atoms with Gasteiger partial charge < -0.3 is 19.9 Å². The molecule has 0 saturated carbocycles. The standard InChI is InChI=1S/C22H15ClF4N6O2/c1-33-11-29-32-20(33)18-10-14(6-7-28-18)35-19-5-3-13(9-17(19)24)31-21(34)30-12-2-4-16(23)15(8-12)22(25,26)27/h2-11H,1H3,(H2,30,31,34). The van der Waals surface area contributed by atoms with Crippen LogP contribution in [0.25, 0.3) is 11.5 Å². The molecule has 2 N–H and O–H groups in total. The summed E-state index contributed by atoms with van der Waals surface area (Å²) in [6.07, 6.45) is -1.71. The maximum Gasteiger partial charge on any atom is 0.417 e. The van der Waals surface area contributed by atoms with Crippen molar-refractivity contribution in [3.05, 3.63) is 77.5 Å². The van der Waals surface area contributed by atoms with Crippen molar-refractivity contribution in [1.82, 2.24) is 19.7 Å². The predicted octanol–water partition coefficient (Wildman–Crippen LogP) is 6.12. The fourth-order valence-corrected chi connectivity index (χ4v) is 3.24. The van der Waals surface area contributed by atoms with E-state index in [4.69, 9.17) is 16.3 Å². The molecule has 2 heterocycles. The zero-order valence-electron chi connectivity index (χ0n) is 17.8. The van der Waals surface area contributed by atoms with Gasteiger partial charge in [0.1, 0.15) is 17.8 Å². The van der Waals surface area contributed by atoms with Crippen molar-refractivity contribution in [2.24, 2.45) is 7.05 Å². The lowest BCUT2D eigenvalue weighted by Crippen LogP contribution is -2.20. The van der Waals surface area contributed by atoms with Gasteiger partial charge in [-0.2, -0.15) is 13.2 Å². The maximum absolute atomic E-state index is 14.6. The van der Waals surface area contributed by atoms with Crippen molar-refractivity contribution in [2.75, 3.05) is 10.6 Å². The molecule has 0 fully saturated rings. The second-order valence-corrected chi connectivity index (χ2v) is 7.57. The minimum atomic E-state index is -4.69. The normalized spacial score (nSPS) is 11.3. The van der Waals surface area contributed by atoms with Gasteiger partial charge in [-0.25, -0.2) is 9.18 Å². The van der Waals surface area contributed by atoms with Crippen LogP contribution >= 0.6 is 11.6 Å². The lowest BCUT2D eigenvalue weighted by Gasteiger charge is -2.13. The Labute approximate surface area is 200 Å². The van der Waals surface area contributed by atoms with E-state index < -0.39 is 28.6 Å². The zero-order valence-corrected chi connectivity index (χ0v) is 18.5. The minimum absolute atomic E-state index is 0.0480. The molecule has 0 saturated heterocycles. The Morgan fingerprint density at radius 3 is 2.43 bits per heavy atom. The largest absolute Gasteiger partial charge is 0.454 e. The number of anilines is 2. The molecule has 0 aliphatic heterocycles. The third-order valence-corrected chi connectivity index (χ3v) is 4.95. The Bertz CT molecular complexity index is 1390. The van der Waals surface area contributed by atoms with Crippen LogP contribution in [0.5, 0.6) is 11.5 Å². The summed E-state index contributed by atoms with van der Waals surface area (Å²) in [5, 5.41) is 11.8. The molecule has 4 rings (SSSR count). The third-order valence-electron chi connectivity index (χ3n) is 4.62. The van der Waals surface area contributed by atoms with Gasteiger partial charge in [0.05, 0.1) is 10.6 Å². The number of amides is 2. The summed E-state index contributed by atoms with van der Waals surface area (Å²) in [5.41, 5.74) is -0.723. The number of benzene rings is 2. The number of halogens is 5. The fraction of sp³-hybridized carbons (Fsp3) is 0.0909. The van der Waals surface area contributed by atoms with E-state index >= 15 is 0 Å². The fourth-order valence-electron chi connectivity index (χ4n) is 3.01. The molecule has 0 aliphatic rings. The molecule has 35 heavy (non-hydrogen) atoms. The number of alkyl halides is 3. The van der Waals surface area contributed by atoms with E-state index in [0.29, 0.717) is 23.3 Å². The average Bonchev–Trinajstić information content (AvgIpc) is 3.22. The van der Waals surface area contributed by atoms with E-state index in [9.17, 15) is 22.4 Å². The van der Waals surface area contributed by atoms with Gasteiger partial charge >= 0.3 is 12.2 Å². The number of nitrogens with zero attached hydrogens (tertiary/aromatic N) is 4. The molecule has 0 aliphatic carbocycles. The number of hydrogen-bond acceptors (Lipinski definition) is 5. The highest BCUT2D eigenvalue weighted by atomic mass is 35.5. The van der Waals surface area contributed by atoms with Gasteiger partial charge in [-0.3, -0.25) is 4.98 Å². The molecule has 180 valence electrons. The number of carbonyl (C=O) groups is 1. The SMILES string of the molecule is Cn1cnnc1-c1cc(Oc2ccc(NC(=O)Nc3ccc(Cl)c(C(F)(F)F)c3)cc2F)ccn1. The molecule has 0 unspecified atom stereocenters. The number of rotatable bonds is 5. The molecule has 0 radical (unpaired) electrons. The summed E-state index contributed by atoms with van der Waals surface area (Å²) in [4.78, 5) is 16.4. The summed E-state index contributed by atoms with van der Waals surface area (Å²) in [5.74, 6) is -0.132. The van der Waals surface area contributed by atoms with E-state index in [0.717, 1.165) is 12.1 Å². The maximum atomic E-state index is 14.6. The molecule has 13 heteroatoms. The molecule has 4 aromatic rings. The highest BCUT2D eigenvalue weighted by Crippen LogP contribution is 2.36. The quantitative estimate of drug-likeness (QED) is 0.318. The Morgan fingerprint density at radius 1 is 1.06 bits per heavy atom. The van der Waals surface area contributed by atoms with E-state index in [1.54, 1.807) is 17.7 Å². The molecular weight excluding hydrogens is 492 g/mol. The molecule has 2 aromatic carbocycles. The van der Waals surface area contributed by atoms with Gasteiger partial charge in [0, 0.05) is 36.8 Å². The van der Waals surface area contributed by atoms with Crippen molar-refractivity contribution in [1.29, 1.82) is 0 Å². The van der Waals surface area contributed by atoms with Gasteiger partial charge in [-0.05, 0) is 36.4 Å². The zero-order chi connectivity index (χ0) is 25.2. The van der Waals surface area contributed by atoms with Gasteiger partial charge in [0.2, 0.25) is 0 Å². The Balaban J connectivity index is 1.44. The topological polar surface area (TPSA) is 94.0 Å². The second kappa shape index (κ2) is 9.58. The third kappa shape index (κ3) is 5.66. The Kier molecular flexibility index (Phi) is 6.56. The van der Waals surface area contributed by atoms with E-state index in [2.05, 4.69) is 25.8 Å². The van der Waals surface area contributed by atoms with E-state index in [-0.39, 0.29) is 17.1 Å². The lowest BCUT2D eigenvalue weighted by atomic mass is 10.2. The number of nitrogens with one attached hydrogen (secondary N) is 2. The Morgan fingerprint density at radius 2 is 1.77 bits per heavy atom. The number of carbonyl (C=O) groups excluding carboxylic acids is 1. The summed E-state index contributed by atoms with van der Waals surface area (Å²) < 4.78 is 60.8.